The minimum absolute atomic E-state index is 0.0396. The molecule has 1 atom stereocenters. The van der Waals surface area contributed by atoms with Crippen molar-refractivity contribution >= 4 is 5.91 Å². The highest BCUT2D eigenvalue weighted by Crippen LogP contribution is 2.28. The summed E-state index contributed by atoms with van der Waals surface area (Å²) in [6, 6.07) is 3.84. The predicted octanol–water partition coefficient (Wildman–Crippen LogP) is 2.05. The van der Waals surface area contributed by atoms with Gasteiger partial charge in [-0.05, 0) is 39.1 Å². The molecule has 0 aliphatic heterocycles. The summed E-state index contributed by atoms with van der Waals surface area (Å²) < 4.78 is 5.44. The fraction of sp³-hybridized carbons (Fsp3) is 0.688. The summed E-state index contributed by atoms with van der Waals surface area (Å²) >= 11 is 0. The van der Waals surface area contributed by atoms with Crippen molar-refractivity contribution in [2.45, 2.75) is 50.1 Å². The molecule has 0 aromatic carbocycles. The molecular weight excluding hydrogens is 266 g/mol. The molecule has 1 heterocycles. The SMILES string of the molecule is CN(C)C(CNC(=O)CC1(N)CCCCC1)c1ccco1. The molecule has 1 aromatic rings. The summed E-state index contributed by atoms with van der Waals surface area (Å²) in [6.45, 7) is 0.537. The lowest BCUT2D eigenvalue weighted by molar-refractivity contribution is -0.122. The Labute approximate surface area is 126 Å². The highest BCUT2D eigenvalue weighted by molar-refractivity contribution is 5.77. The Morgan fingerprint density at radius 2 is 2.14 bits per heavy atom. The van der Waals surface area contributed by atoms with Crippen molar-refractivity contribution in [1.82, 2.24) is 10.2 Å². The molecule has 1 unspecified atom stereocenters. The van der Waals surface area contributed by atoms with Crippen LogP contribution in [-0.4, -0.2) is 37.0 Å². The average molecular weight is 293 g/mol. The molecule has 1 amide bonds. The zero-order valence-electron chi connectivity index (χ0n) is 13.1. The largest absolute Gasteiger partial charge is 0.468 e. The number of carbonyl (C=O) groups excluding carboxylic acids is 1. The first kappa shape index (κ1) is 16.0. The molecule has 1 aromatic heterocycles. The number of rotatable bonds is 6. The van der Waals surface area contributed by atoms with Crippen LogP contribution in [0, 0.1) is 0 Å². The smallest absolute Gasteiger partial charge is 0.221 e. The first-order valence-electron chi connectivity index (χ1n) is 7.76. The third-order valence-corrected chi connectivity index (χ3v) is 4.35. The molecule has 118 valence electrons. The maximum absolute atomic E-state index is 12.2. The van der Waals surface area contributed by atoms with Crippen molar-refractivity contribution < 1.29 is 9.21 Å². The van der Waals surface area contributed by atoms with Gasteiger partial charge in [0.15, 0.2) is 0 Å². The van der Waals surface area contributed by atoms with Gasteiger partial charge < -0.3 is 15.5 Å². The minimum atomic E-state index is -0.305. The van der Waals surface area contributed by atoms with E-state index in [1.54, 1.807) is 6.26 Å². The van der Waals surface area contributed by atoms with E-state index in [1.165, 1.54) is 6.42 Å². The molecule has 5 heteroatoms. The van der Waals surface area contributed by atoms with E-state index in [4.69, 9.17) is 10.2 Å². The van der Waals surface area contributed by atoms with Crippen LogP contribution >= 0.6 is 0 Å². The number of nitrogens with two attached hydrogens (primary N) is 1. The van der Waals surface area contributed by atoms with Crippen LogP contribution in [0.15, 0.2) is 22.8 Å². The fourth-order valence-electron chi connectivity index (χ4n) is 3.04. The van der Waals surface area contributed by atoms with Crippen molar-refractivity contribution in [2.24, 2.45) is 5.73 Å². The molecule has 0 saturated heterocycles. The van der Waals surface area contributed by atoms with Crippen LogP contribution in [0.25, 0.3) is 0 Å². The van der Waals surface area contributed by atoms with E-state index in [9.17, 15) is 4.79 Å². The van der Waals surface area contributed by atoms with E-state index in [0.29, 0.717) is 13.0 Å². The predicted molar refractivity (Wildman–Crippen MR) is 82.8 cm³/mol. The number of likely N-dealkylation sites (N-methyl/N-ethyl adjacent to an activating group) is 1. The number of nitrogens with zero attached hydrogens (tertiary/aromatic N) is 1. The maximum atomic E-state index is 12.2. The summed E-state index contributed by atoms with van der Waals surface area (Å²) in [5.41, 5.74) is 6.03. The first-order valence-corrected chi connectivity index (χ1v) is 7.76. The van der Waals surface area contributed by atoms with Crippen LogP contribution in [0.1, 0.15) is 50.3 Å². The average Bonchev–Trinajstić information content (AvgIpc) is 2.92. The van der Waals surface area contributed by atoms with Crippen LogP contribution in [0.3, 0.4) is 0 Å². The quantitative estimate of drug-likeness (QED) is 0.842. The Kier molecular flexibility index (Phi) is 5.42. The zero-order valence-corrected chi connectivity index (χ0v) is 13.1. The lowest BCUT2D eigenvalue weighted by Crippen LogP contribution is -2.46. The molecule has 3 N–H and O–H groups in total. The van der Waals surface area contributed by atoms with Crippen molar-refractivity contribution in [2.75, 3.05) is 20.6 Å². The van der Waals surface area contributed by atoms with Crippen LogP contribution in [-0.2, 0) is 4.79 Å². The summed E-state index contributed by atoms with van der Waals surface area (Å²) in [5, 5.41) is 3.00. The van der Waals surface area contributed by atoms with Gasteiger partial charge in [0.1, 0.15) is 5.76 Å². The standard InChI is InChI=1S/C16H27N3O2/c1-19(2)13(14-7-6-10-21-14)12-18-15(20)11-16(17)8-4-3-5-9-16/h6-7,10,13H,3-5,8-9,11-12,17H2,1-2H3,(H,18,20). The molecule has 21 heavy (non-hydrogen) atoms. The Morgan fingerprint density at radius 3 is 2.71 bits per heavy atom. The van der Waals surface area contributed by atoms with Crippen molar-refractivity contribution in [3.63, 3.8) is 0 Å². The molecule has 2 rings (SSSR count). The van der Waals surface area contributed by atoms with Gasteiger partial charge in [0.2, 0.25) is 5.91 Å². The maximum Gasteiger partial charge on any atom is 0.221 e. The lowest BCUT2D eigenvalue weighted by Gasteiger charge is -2.33. The number of amides is 1. The minimum Gasteiger partial charge on any atom is -0.468 e. The number of hydrogen-bond acceptors (Lipinski definition) is 4. The molecule has 1 aliphatic carbocycles. The van der Waals surface area contributed by atoms with Gasteiger partial charge in [0.05, 0.1) is 12.3 Å². The number of furan rings is 1. The highest BCUT2D eigenvalue weighted by Gasteiger charge is 2.30. The first-order chi connectivity index (χ1) is 10.0. The summed E-state index contributed by atoms with van der Waals surface area (Å²) in [6.07, 6.45) is 7.50. The van der Waals surface area contributed by atoms with E-state index < -0.39 is 0 Å². The molecule has 1 fully saturated rings. The van der Waals surface area contributed by atoms with Crippen molar-refractivity contribution in [3.8, 4) is 0 Å². The van der Waals surface area contributed by atoms with Gasteiger partial charge >= 0.3 is 0 Å². The molecular formula is C16H27N3O2. The van der Waals surface area contributed by atoms with Gasteiger partial charge in [0.25, 0.3) is 0 Å². The lowest BCUT2D eigenvalue weighted by atomic mass is 9.80. The second-order valence-electron chi connectivity index (χ2n) is 6.40. The normalized spacial score (nSPS) is 19.4. The van der Waals surface area contributed by atoms with Crippen LogP contribution in [0.4, 0.5) is 0 Å². The van der Waals surface area contributed by atoms with Crippen LogP contribution in [0.5, 0.6) is 0 Å². The number of hydrogen-bond donors (Lipinski definition) is 2. The summed E-state index contributed by atoms with van der Waals surface area (Å²) in [5.74, 6) is 0.901. The molecule has 1 aliphatic rings. The van der Waals surface area contributed by atoms with Gasteiger partial charge in [-0.1, -0.05) is 19.3 Å². The molecule has 0 radical (unpaired) electrons. The van der Waals surface area contributed by atoms with Gasteiger partial charge in [-0.15, -0.1) is 0 Å². The monoisotopic (exact) mass is 293 g/mol. The zero-order chi connectivity index (χ0) is 15.3. The topological polar surface area (TPSA) is 71.5 Å². The van der Waals surface area contributed by atoms with Gasteiger partial charge in [-0.2, -0.15) is 0 Å². The van der Waals surface area contributed by atoms with Crippen molar-refractivity contribution in [1.29, 1.82) is 0 Å². The molecule has 0 spiro atoms. The molecule has 5 nitrogen and oxygen atoms in total. The number of nitrogens with one attached hydrogen (secondary N) is 1. The molecule has 1 saturated carbocycles. The third-order valence-electron chi connectivity index (χ3n) is 4.35. The van der Waals surface area contributed by atoms with Crippen molar-refractivity contribution in [3.05, 3.63) is 24.2 Å². The summed E-state index contributed by atoms with van der Waals surface area (Å²) in [7, 11) is 3.95. The Bertz CT molecular complexity index is 436. The van der Waals surface area contributed by atoms with E-state index >= 15 is 0 Å². The van der Waals surface area contributed by atoms with E-state index in [-0.39, 0.29) is 17.5 Å². The number of carbonyl (C=O) groups is 1. The molecule has 0 bridgehead atoms. The van der Waals surface area contributed by atoms with E-state index in [1.807, 2.05) is 31.1 Å². The van der Waals surface area contributed by atoms with E-state index in [2.05, 4.69) is 5.32 Å². The van der Waals surface area contributed by atoms with Gasteiger partial charge in [-0.3, -0.25) is 9.69 Å². The third kappa shape index (κ3) is 4.58. The Hall–Kier alpha value is -1.33. The second-order valence-corrected chi connectivity index (χ2v) is 6.40. The van der Waals surface area contributed by atoms with Gasteiger partial charge in [0, 0.05) is 18.5 Å². The van der Waals surface area contributed by atoms with Crippen LogP contribution < -0.4 is 11.1 Å². The van der Waals surface area contributed by atoms with E-state index in [0.717, 1.165) is 31.4 Å². The van der Waals surface area contributed by atoms with Crippen LogP contribution in [0.2, 0.25) is 0 Å². The Morgan fingerprint density at radius 1 is 1.43 bits per heavy atom. The fourth-order valence-corrected chi connectivity index (χ4v) is 3.04. The highest BCUT2D eigenvalue weighted by atomic mass is 16.3. The summed E-state index contributed by atoms with van der Waals surface area (Å²) in [4.78, 5) is 14.2. The van der Waals surface area contributed by atoms with Gasteiger partial charge in [-0.25, -0.2) is 0 Å². The second kappa shape index (κ2) is 7.09. The Balaban J connectivity index is 1.84.